The van der Waals surface area contributed by atoms with Crippen LogP contribution in [0.25, 0.3) is 0 Å². The lowest BCUT2D eigenvalue weighted by Gasteiger charge is -2.21. The Kier molecular flexibility index (Phi) is 3.77. The van der Waals surface area contributed by atoms with Gasteiger partial charge in [0.2, 0.25) is 0 Å². The summed E-state index contributed by atoms with van der Waals surface area (Å²) in [6, 6.07) is 4.38. The average Bonchev–Trinajstić information content (AvgIpc) is 2.56. The zero-order valence-electron chi connectivity index (χ0n) is 10.2. The maximum absolute atomic E-state index is 13.0. The van der Waals surface area contributed by atoms with Gasteiger partial charge >= 0.3 is 0 Å². The first-order valence-electron chi connectivity index (χ1n) is 6.24. The lowest BCUT2D eigenvalue weighted by Crippen LogP contribution is -2.32. The Morgan fingerprint density at radius 3 is 2.41 bits per heavy atom. The van der Waals surface area contributed by atoms with E-state index in [1.165, 1.54) is 25.0 Å². The highest BCUT2D eigenvalue weighted by Gasteiger charge is 2.18. The fourth-order valence-electron chi connectivity index (χ4n) is 2.31. The Balaban J connectivity index is 2.17. The van der Waals surface area contributed by atoms with Gasteiger partial charge in [-0.15, -0.1) is 0 Å². The van der Waals surface area contributed by atoms with Gasteiger partial charge in [-0.05, 0) is 43.5 Å². The SMILES string of the molecule is Cc1cc(F)ccc1C(=O)N1CCCCCC1. The van der Waals surface area contributed by atoms with E-state index in [1.807, 2.05) is 4.90 Å². The fourth-order valence-corrected chi connectivity index (χ4v) is 2.31. The van der Waals surface area contributed by atoms with Gasteiger partial charge in [-0.3, -0.25) is 4.79 Å². The molecule has 1 amide bonds. The second-order valence-corrected chi connectivity index (χ2v) is 4.67. The Morgan fingerprint density at radius 1 is 1.18 bits per heavy atom. The number of likely N-dealkylation sites (tertiary alicyclic amines) is 1. The van der Waals surface area contributed by atoms with Crippen molar-refractivity contribution in [2.45, 2.75) is 32.6 Å². The lowest BCUT2D eigenvalue weighted by atomic mass is 10.1. The molecule has 2 rings (SSSR count). The van der Waals surface area contributed by atoms with Crippen LogP contribution in [0.5, 0.6) is 0 Å². The number of hydrogen-bond donors (Lipinski definition) is 0. The standard InChI is InChI=1S/C14H18FNO/c1-11-10-12(15)6-7-13(11)14(17)16-8-4-2-3-5-9-16/h6-7,10H,2-5,8-9H2,1H3. The van der Waals surface area contributed by atoms with Crippen LogP contribution in [0.4, 0.5) is 4.39 Å². The van der Waals surface area contributed by atoms with Gasteiger partial charge in [-0.2, -0.15) is 0 Å². The second-order valence-electron chi connectivity index (χ2n) is 4.67. The third-order valence-electron chi connectivity index (χ3n) is 3.31. The molecule has 0 bridgehead atoms. The van der Waals surface area contributed by atoms with Crippen molar-refractivity contribution in [2.75, 3.05) is 13.1 Å². The maximum Gasteiger partial charge on any atom is 0.254 e. The van der Waals surface area contributed by atoms with Gasteiger partial charge in [0.05, 0.1) is 0 Å². The Labute approximate surface area is 101 Å². The van der Waals surface area contributed by atoms with Crippen molar-refractivity contribution in [1.29, 1.82) is 0 Å². The Bertz CT molecular complexity index is 409. The zero-order chi connectivity index (χ0) is 12.3. The van der Waals surface area contributed by atoms with Gasteiger partial charge in [-0.1, -0.05) is 12.8 Å². The van der Waals surface area contributed by atoms with E-state index in [1.54, 1.807) is 13.0 Å². The second kappa shape index (κ2) is 5.30. The highest BCUT2D eigenvalue weighted by Crippen LogP contribution is 2.16. The molecular weight excluding hydrogens is 217 g/mol. The molecule has 92 valence electrons. The number of halogens is 1. The summed E-state index contributed by atoms with van der Waals surface area (Å²) in [6.45, 7) is 3.44. The van der Waals surface area contributed by atoms with Gasteiger partial charge in [-0.25, -0.2) is 4.39 Å². The van der Waals surface area contributed by atoms with E-state index in [4.69, 9.17) is 0 Å². The molecule has 17 heavy (non-hydrogen) atoms. The van der Waals surface area contributed by atoms with Crippen LogP contribution >= 0.6 is 0 Å². The van der Waals surface area contributed by atoms with E-state index in [0.29, 0.717) is 5.56 Å². The number of carbonyl (C=O) groups is 1. The molecular formula is C14H18FNO. The van der Waals surface area contributed by atoms with Crippen LogP contribution in [-0.2, 0) is 0 Å². The summed E-state index contributed by atoms with van der Waals surface area (Å²) >= 11 is 0. The molecule has 0 spiro atoms. The Morgan fingerprint density at radius 2 is 1.82 bits per heavy atom. The largest absolute Gasteiger partial charge is 0.339 e. The molecule has 2 nitrogen and oxygen atoms in total. The molecule has 1 aliphatic heterocycles. The van der Waals surface area contributed by atoms with Crippen LogP contribution < -0.4 is 0 Å². The molecule has 1 saturated heterocycles. The van der Waals surface area contributed by atoms with Crippen molar-refractivity contribution >= 4 is 5.91 Å². The highest BCUT2D eigenvalue weighted by atomic mass is 19.1. The molecule has 1 fully saturated rings. The predicted octanol–water partition coefficient (Wildman–Crippen LogP) is 3.15. The van der Waals surface area contributed by atoms with Crippen molar-refractivity contribution in [1.82, 2.24) is 4.90 Å². The van der Waals surface area contributed by atoms with E-state index >= 15 is 0 Å². The first kappa shape index (κ1) is 12.1. The quantitative estimate of drug-likeness (QED) is 0.732. The summed E-state index contributed by atoms with van der Waals surface area (Å²) in [7, 11) is 0. The molecule has 0 aliphatic carbocycles. The summed E-state index contributed by atoms with van der Waals surface area (Å²) in [5.74, 6) is -0.237. The number of aryl methyl sites for hydroxylation is 1. The number of amides is 1. The minimum atomic E-state index is -0.282. The normalized spacial score (nSPS) is 16.7. The smallest absolute Gasteiger partial charge is 0.254 e. The Hall–Kier alpha value is -1.38. The number of rotatable bonds is 1. The van der Waals surface area contributed by atoms with E-state index in [-0.39, 0.29) is 11.7 Å². The molecule has 3 heteroatoms. The number of benzene rings is 1. The van der Waals surface area contributed by atoms with Crippen molar-refractivity contribution < 1.29 is 9.18 Å². The summed E-state index contributed by atoms with van der Waals surface area (Å²) in [5.41, 5.74) is 1.35. The first-order valence-corrected chi connectivity index (χ1v) is 6.24. The van der Waals surface area contributed by atoms with Crippen molar-refractivity contribution in [2.24, 2.45) is 0 Å². The number of hydrogen-bond acceptors (Lipinski definition) is 1. The van der Waals surface area contributed by atoms with Crippen molar-refractivity contribution in [3.63, 3.8) is 0 Å². The first-order chi connectivity index (χ1) is 8.18. The molecule has 0 radical (unpaired) electrons. The molecule has 1 heterocycles. The third-order valence-corrected chi connectivity index (χ3v) is 3.31. The van der Waals surface area contributed by atoms with E-state index in [9.17, 15) is 9.18 Å². The molecule has 0 aromatic heterocycles. The summed E-state index contributed by atoms with van der Waals surface area (Å²) in [4.78, 5) is 14.2. The summed E-state index contributed by atoms with van der Waals surface area (Å²) in [6.07, 6.45) is 4.55. The van der Waals surface area contributed by atoms with Gasteiger partial charge in [0.15, 0.2) is 0 Å². The van der Waals surface area contributed by atoms with Crippen LogP contribution in [0.1, 0.15) is 41.6 Å². The van der Waals surface area contributed by atoms with E-state index in [2.05, 4.69) is 0 Å². The van der Waals surface area contributed by atoms with Gasteiger partial charge < -0.3 is 4.90 Å². The molecule has 0 atom stereocenters. The van der Waals surface area contributed by atoms with E-state index < -0.39 is 0 Å². The van der Waals surface area contributed by atoms with Gasteiger partial charge in [0.25, 0.3) is 5.91 Å². The maximum atomic E-state index is 13.0. The molecule has 0 saturated carbocycles. The number of nitrogens with zero attached hydrogens (tertiary/aromatic N) is 1. The van der Waals surface area contributed by atoms with Crippen LogP contribution in [0.2, 0.25) is 0 Å². The third kappa shape index (κ3) is 2.84. The monoisotopic (exact) mass is 235 g/mol. The van der Waals surface area contributed by atoms with E-state index in [0.717, 1.165) is 31.5 Å². The molecule has 0 N–H and O–H groups in total. The summed E-state index contributed by atoms with van der Waals surface area (Å²) < 4.78 is 13.0. The van der Waals surface area contributed by atoms with Gasteiger partial charge in [0.1, 0.15) is 5.82 Å². The van der Waals surface area contributed by atoms with Crippen LogP contribution in [0.15, 0.2) is 18.2 Å². The van der Waals surface area contributed by atoms with Crippen LogP contribution in [0.3, 0.4) is 0 Å². The van der Waals surface area contributed by atoms with Gasteiger partial charge in [0, 0.05) is 18.7 Å². The minimum absolute atomic E-state index is 0.0457. The predicted molar refractivity (Wildman–Crippen MR) is 65.5 cm³/mol. The highest BCUT2D eigenvalue weighted by molar-refractivity contribution is 5.95. The molecule has 1 aliphatic rings. The van der Waals surface area contributed by atoms with Crippen LogP contribution in [0, 0.1) is 12.7 Å². The number of carbonyl (C=O) groups excluding carboxylic acids is 1. The van der Waals surface area contributed by atoms with Crippen LogP contribution in [-0.4, -0.2) is 23.9 Å². The van der Waals surface area contributed by atoms with Crippen molar-refractivity contribution in [3.8, 4) is 0 Å². The molecule has 1 aromatic carbocycles. The lowest BCUT2D eigenvalue weighted by molar-refractivity contribution is 0.0761. The summed E-state index contributed by atoms with van der Waals surface area (Å²) in [5, 5.41) is 0. The topological polar surface area (TPSA) is 20.3 Å². The molecule has 1 aromatic rings. The minimum Gasteiger partial charge on any atom is -0.339 e. The van der Waals surface area contributed by atoms with Crippen molar-refractivity contribution in [3.05, 3.63) is 35.1 Å². The average molecular weight is 235 g/mol. The fraction of sp³-hybridized carbons (Fsp3) is 0.500. The molecule has 0 unspecified atom stereocenters. The zero-order valence-corrected chi connectivity index (χ0v) is 10.2.